The second-order valence-electron chi connectivity index (χ2n) is 2.99. The smallest absolute Gasteiger partial charge is 0.276 e. The van der Waals surface area contributed by atoms with E-state index in [1.807, 2.05) is 0 Å². The van der Waals surface area contributed by atoms with Crippen molar-refractivity contribution in [2.24, 2.45) is 0 Å². The number of furan rings is 1. The third kappa shape index (κ3) is 3.04. The number of likely N-dealkylation sites (N-methyl/N-ethyl adjacent to an activating group) is 2. The summed E-state index contributed by atoms with van der Waals surface area (Å²) in [7, 11) is -0.209. The highest BCUT2D eigenvalue weighted by atomic mass is 79.9. The van der Waals surface area contributed by atoms with Crippen LogP contribution in [0.3, 0.4) is 0 Å². The van der Waals surface area contributed by atoms with E-state index < -0.39 is 10.0 Å². The Bertz CT molecular complexity index is 415. The maximum Gasteiger partial charge on any atom is 0.276 e. The first kappa shape index (κ1) is 12.7. The highest BCUT2D eigenvalue weighted by molar-refractivity contribution is 9.10. The molecule has 0 unspecified atom stereocenters. The molecule has 1 heterocycles. The first-order chi connectivity index (χ1) is 6.98. The molecule has 0 saturated heterocycles. The van der Waals surface area contributed by atoms with Crippen molar-refractivity contribution in [3.8, 4) is 0 Å². The summed E-state index contributed by atoms with van der Waals surface area (Å²) < 4.78 is 30.3. The van der Waals surface area contributed by atoms with Gasteiger partial charge in [0.15, 0.2) is 4.67 Å². The molecule has 0 fully saturated rings. The summed E-state index contributed by atoms with van der Waals surface area (Å²) >= 11 is 3.06. The van der Waals surface area contributed by atoms with Gasteiger partial charge in [0.25, 0.3) is 10.0 Å². The lowest BCUT2D eigenvalue weighted by atomic mass is 10.6. The molecule has 0 aromatic carbocycles. The van der Waals surface area contributed by atoms with Crippen LogP contribution in [0, 0.1) is 0 Å². The van der Waals surface area contributed by atoms with Crippen LogP contribution in [0.4, 0.5) is 0 Å². The number of rotatable bonds is 5. The van der Waals surface area contributed by atoms with Crippen molar-refractivity contribution in [1.29, 1.82) is 0 Å². The third-order valence-electron chi connectivity index (χ3n) is 1.89. The average molecular weight is 297 g/mol. The first-order valence-electron chi connectivity index (χ1n) is 4.34. The second-order valence-corrected chi connectivity index (χ2v) is 5.75. The van der Waals surface area contributed by atoms with Crippen molar-refractivity contribution in [2.75, 3.05) is 27.2 Å². The largest absolute Gasteiger partial charge is 0.437 e. The van der Waals surface area contributed by atoms with Crippen LogP contribution in [0.15, 0.2) is 26.3 Å². The molecule has 7 heteroatoms. The Balaban J connectivity index is 2.83. The predicted molar refractivity (Wildman–Crippen MR) is 60.2 cm³/mol. The van der Waals surface area contributed by atoms with Crippen molar-refractivity contribution in [1.82, 2.24) is 9.62 Å². The van der Waals surface area contributed by atoms with E-state index in [0.717, 1.165) is 0 Å². The van der Waals surface area contributed by atoms with Gasteiger partial charge >= 0.3 is 0 Å². The fourth-order valence-corrected chi connectivity index (χ4v) is 2.47. The highest BCUT2D eigenvalue weighted by Crippen LogP contribution is 2.20. The number of halogens is 1. The standard InChI is InChI=1S/C8H13BrN2O3S/c1-10-5-6-11(2)15(12,13)8-4-3-7(9)14-8/h3-4,10H,5-6H2,1-2H3. The van der Waals surface area contributed by atoms with Gasteiger partial charge in [-0.1, -0.05) is 0 Å². The molecule has 0 amide bonds. The molecule has 5 nitrogen and oxygen atoms in total. The van der Waals surface area contributed by atoms with Crippen molar-refractivity contribution >= 4 is 26.0 Å². The van der Waals surface area contributed by atoms with Gasteiger partial charge < -0.3 is 9.73 Å². The minimum absolute atomic E-state index is 0.0482. The highest BCUT2D eigenvalue weighted by Gasteiger charge is 2.23. The van der Waals surface area contributed by atoms with Gasteiger partial charge in [-0.15, -0.1) is 0 Å². The Morgan fingerprint density at radius 3 is 2.67 bits per heavy atom. The summed E-state index contributed by atoms with van der Waals surface area (Å²) in [6.07, 6.45) is 0. The lowest BCUT2D eigenvalue weighted by molar-refractivity contribution is 0.398. The first-order valence-corrected chi connectivity index (χ1v) is 6.58. The third-order valence-corrected chi connectivity index (χ3v) is 4.05. The van der Waals surface area contributed by atoms with Crippen LogP contribution in [0.25, 0.3) is 0 Å². The van der Waals surface area contributed by atoms with Gasteiger partial charge in [0, 0.05) is 20.1 Å². The van der Waals surface area contributed by atoms with E-state index in [-0.39, 0.29) is 5.09 Å². The fourth-order valence-electron chi connectivity index (χ4n) is 0.979. The molecule has 0 aliphatic heterocycles. The average Bonchev–Trinajstić information content (AvgIpc) is 2.61. The normalized spacial score (nSPS) is 12.3. The Kier molecular flexibility index (Phi) is 4.32. The molecule has 0 saturated carbocycles. The molecule has 0 aliphatic rings. The van der Waals surface area contributed by atoms with Crippen LogP contribution in [0.5, 0.6) is 0 Å². The van der Waals surface area contributed by atoms with Gasteiger partial charge in [0.05, 0.1) is 0 Å². The zero-order valence-corrected chi connectivity index (χ0v) is 10.9. The second kappa shape index (κ2) is 5.11. The summed E-state index contributed by atoms with van der Waals surface area (Å²) in [5.74, 6) is 0. The Hall–Kier alpha value is -0.370. The summed E-state index contributed by atoms with van der Waals surface area (Å²) in [6.45, 7) is 0.995. The van der Waals surface area contributed by atoms with Crippen LogP contribution in [0.2, 0.25) is 0 Å². The van der Waals surface area contributed by atoms with Gasteiger partial charge in [-0.25, -0.2) is 8.42 Å². The minimum Gasteiger partial charge on any atom is -0.437 e. The van der Waals surface area contributed by atoms with E-state index in [0.29, 0.717) is 17.8 Å². The SMILES string of the molecule is CNCCN(C)S(=O)(=O)c1ccc(Br)o1. The van der Waals surface area contributed by atoms with Gasteiger partial charge in [0.2, 0.25) is 5.09 Å². The molecule has 0 bridgehead atoms. The molecule has 86 valence electrons. The van der Waals surface area contributed by atoms with Gasteiger partial charge in [-0.2, -0.15) is 4.31 Å². The van der Waals surface area contributed by atoms with Crippen molar-refractivity contribution in [3.63, 3.8) is 0 Å². The molecule has 0 radical (unpaired) electrons. The molecule has 15 heavy (non-hydrogen) atoms. The number of hydrogen-bond acceptors (Lipinski definition) is 4. The quantitative estimate of drug-likeness (QED) is 0.876. The van der Waals surface area contributed by atoms with Crippen molar-refractivity contribution in [3.05, 3.63) is 16.8 Å². The maximum atomic E-state index is 11.8. The Labute approximate surface area is 97.6 Å². The van der Waals surface area contributed by atoms with Gasteiger partial charge in [-0.3, -0.25) is 0 Å². The number of nitrogens with zero attached hydrogens (tertiary/aromatic N) is 1. The van der Waals surface area contributed by atoms with E-state index in [9.17, 15) is 8.42 Å². The van der Waals surface area contributed by atoms with E-state index in [2.05, 4.69) is 21.2 Å². The zero-order valence-electron chi connectivity index (χ0n) is 8.53. The number of sulfonamides is 1. The van der Waals surface area contributed by atoms with Gasteiger partial charge in [0.1, 0.15) is 0 Å². The van der Waals surface area contributed by atoms with Crippen molar-refractivity contribution in [2.45, 2.75) is 5.09 Å². The summed E-state index contributed by atoms with van der Waals surface area (Å²) in [5, 5.41) is 2.83. The van der Waals surface area contributed by atoms with Crippen LogP contribution >= 0.6 is 15.9 Å². The van der Waals surface area contributed by atoms with Crippen LogP contribution in [-0.2, 0) is 10.0 Å². The van der Waals surface area contributed by atoms with Crippen molar-refractivity contribution < 1.29 is 12.8 Å². The molecule has 1 aromatic rings. The lowest BCUT2D eigenvalue weighted by Gasteiger charge is -2.14. The Morgan fingerprint density at radius 2 is 2.20 bits per heavy atom. The number of nitrogens with one attached hydrogen (secondary N) is 1. The monoisotopic (exact) mass is 296 g/mol. The minimum atomic E-state index is -3.49. The molecule has 0 aliphatic carbocycles. The molecule has 1 N–H and O–H groups in total. The zero-order chi connectivity index (χ0) is 11.5. The molecular formula is C8H13BrN2O3S. The van der Waals surface area contributed by atoms with E-state index in [1.54, 1.807) is 13.1 Å². The van der Waals surface area contributed by atoms with E-state index in [1.165, 1.54) is 17.4 Å². The van der Waals surface area contributed by atoms with Crippen LogP contribution < -0.4 is 5.32 Å². The molecule has 1 aromatic heterocycles. The molecule has 0 atom stereocenters. The van der Waals surface area contributed by atoms with Crippen LogP contribution in [-0.4, -0.2) is 39.9 Å². The molecular weight excluding hydrogens is 284 g/mol. The van der Waals surface area contributed by atoms with Gasteiger partial charge in [-0.05, 0) is 35.1 Å². The molecule has 0 spiro atoms. The van der Waals surface area contributed by atoms with E-state index in [4.69, 9.17) is 4.42 Å². The van der Waals surface area contributed by atoms with Crippen LogP contribution in [0.1, 0.15) is 0 Å². The summed E-state index contributed by atoms with van der Waals surface area (Å²) in [6, 6.07) is 2.98. The summed E-state index contributed by atoms with van der Waals surface area (Å²) in [4.78, 5) is 0. The Morgan fingerprint density at radius 1 is 1.53 bits per heavy atom. The summed E-state index contributed by atoms with van der Waals surface area (Å²) in [5.41, 5.74) is 0. The maximum absolute atomic E-state index is 11.8. The molecule has 1 rings (SSSR count). The van der Waals surface area contributed by atoms with E-state index >= 15 is 0 Å². The lowest BCUT2D eigenvalue weighted by Crippen LogP contribution is -2.32. The number of hydrogen-bond donors (Lipinski definition) is 1. The fraction of sp³-hybridized carbons (Fsp3) is 0.500. The topological polar surface area (TPSA) is 62.6 Å². The predicted octanol–water partition coefficient (Wildman–Crippen LogP) is 0.882.